The zero-order valence-electron chi connectivity index (χ0n) is 7.44. The molecule has 1 N–H and O–H groups in total. The van der Waals surface area contributed by atoms with Gasteiger partial charge in [-0.2, -0.15) is 0 Å². The average molecular weight is 177 g/mol. The molecule has 0 atom stereocenters. The van der Waals surface area contributed by atoms with Crippen LogP contribution >= 0.6 is 0 Å². The van der Waals surface area contributed by atoms with E-state index < -0.39 is 0 Å². The minimum absolute atomic E-state index is 0.785. The number of rotatable bonds is 3. The number of hydrogen-bond donors (Lipinski definition) is 1. The van der Waals surface area contributed by atoms with Crippen LogP contribution < -0.4 is 5.32 Å². The minimum atomic E-state index is 0.785. The van der Waals surface area contributed by atoms with Crippen LogP contribution in [-0.4, -0.2) is 33.6 Å². The van der Waals surface area contributed by atoms with Crippen LogP contribution in [0.4, 0.5) is 0 Å². The van der Waals surface area contributed by atoms with Crippen LogP contribution in [-0.2, 0) is 6.42 Å². The van der Waals surface area contributed by atoms with Gasteiger partial charge in [0.15, 0.2) is 5.65 Å². The van der Waals surface area contributed by atoms with E-state index in [0.717, 1.165) is 18.6 Å². The number of aromatic nitrogens is 4. The smallest absolute Gasteiger partial charge is 0.179 e. The zero-order chi connectivity index (χ0) is 9.10. The molecule has 0 saturated heterocycles. The Kier molecular flexibility index (Phi) is 2.18. The monoisotopic (exact) mass is 177 g/mol. The van der Waals surface area contributed by atoms with Crippen LogP contribution in [0.2, 0.25) is 0 Å². The van der Waals surface area contributed by atoms with Gasteiger partial charge in [-0.25, -0.2) is 4.52 Å². The zero-order valence-corrected chi connectivity index (χ0v) is 7.44. The molecule has 0 unspecified atom stereocenters. The highest BCUT2D eigenvalue weighted by Crippen LogP contribution is 2.01. The predicted molar refractivity (Wildman–Crippen MR) is 48.4 cm³/mol. The van der Waals surface area contributed by atoms with Gasteiger partial charge in [-0.05, 0) is 42.1 Å². The van der Waals surface area contributed by atoms with E-state index in [1.54, 1.807) is 4.52 Å². The van der Waals surface area contributed by atoms with Crippen molar-refractivity contribution in [3.8, 4) is 0 Å². The van der Waals surface area contributed by atoms with Crippen molar-refractivity contribution < 1.29 is 0 Å². The Morgan fingerprint density at radius 1 is 1.46 bits per heavy atom. The van der Waals surface area contributed by atoms with Crippen molar-refractivity contribution in [2.45, 2.75) is 6.42 Å². The molecule has 2 aromatic rings. The predicted octanol–water partition coefficient (Wildman–Crippen LogP) is -0.114. The fraction of sp³-hybridized carbons (Fsp3) is 0.375. The quantitative estimate of drug-likeness (QED) is 0.710. The lowest BCUT2D eigenvalue weighted by Gasteiger charge is -1.99. The first-order valence-electron chi connectivity index (χ1n) is 4.21. The van der Waals surface area contributed by atoms with Gasteiger partial charge in [0.2, 0.25) is 0 Å². The second-order valence-electron chi connectivity index (χ2n) is 2.87. The normalized spacial score (nSPS) is 10.8. The van der Waals surface area contributed by atoms with Crippen LogP contribution in [0, 0.1) is 0 Å². The van der Waals surface area contributed by atoms with E-state index in [9.17, 15) is 0 Å². The number of nitrogens with zero attached hydrogens (tertiary/aromatic N) is 4. The molecular weight excluding hydrogens is 166 g/mol. The first-order valence-corrected chi connectivity index (χ1v) is 4.21. The SMILES string of the molecule is CNCCc1ccc2nnnn2c1. The van der Waals surface area contributed by atoms with Crippen LogP contribution in [0.25, 0.3) is 5.65 Å². The molecule has 5 heteroatoms. The van der Waals surface area contributed by atoms with Gasteiger partial charge in [0, 0.05) is 6.20 Å². The van der Waals surface area contributed by atoms with Gasteiger partial charge in [-0.3, -0.25) is 0 Å². The molecule has 0 aliphatic rings. The van der Waals surface area contributed by atoms with Gasteiger partial charge in [0.1, 0.15) is 0 Å². The second kappa shape index (κ2) is 3.49. The fourth-order valence-corrected chi connectivity index (χ4v) is 1.20. The number of tetrazole rings is 1. The third-order valence-corrected chi connectivity index (χ3v) is 1.92. The molecule has 68 valence electrons. The lowest BCUT2D eigenvalue weighted by atomic mass is 10.2. The van der Waals surface area contributed by atoms with Crippen LogP contribution in [0.5, 0.6) is 0 Å². The highest BCUT2D eigenvalue weighted by Gasteiger charge is 1.97. The Hall–Kier alpha value is -1.49. The highest BCUT2D eigenvalue weighted by molar-refractivity contribution is 5.36. The summed E-state index contributed by atoms with van der Waals surface area (Å²) in [6.07, 6.45) is 2.94. The van der Waals surface area contributed by atoms with Crippen molar-refractivity contribution in [3.63, 3.8) is 0 Å². The van der Waals surface area contributed by atoms with Crippen molar-refractivity contribution >= 4 is 5.65 Å². The standard InChI is InChI=1S/C8H11N5/c1-9-5-4-7-2-3-8-10-11-12-13(8)6-7/h2-3,6,9H,4-5H2,1H3. The molecule has 0 aliphatic carbocycles. The lowest BCUT2D eigenvalue weighted by molar-refractivity contribution is 0.775. The van der Waals surface area contributed by atoms with Crippen molar-refractivity contribution in [3.05, 3.63) is 23.9 Å². The molecular formula is C8H11N5. The molecule has 0 saturated carbocycles. The van der Waals surface area contributed by atoms with Crippen LogP contribution in [0.15, 0.2) is 18.3 Å². The maximum atomic E-state index is 3.83. The van der Waals surface area contributed by atoms with Crippen molar-refractivity contribution in [2.75, 3.05) is 13.6 Å². The molecule has 2 heterocycles. The van der Waals surface area contributed by atoms with E-state index in [0.29, 0.717) is 0 Å². The number of fused-ring (bicyclic) bond motifs is 1. The fourth-order valence-electron chi connectivity index (χ4n) is 1.20. The third kappa shape index (κ3) is 1.65. The Balaban J connectivity index is 2.26. The molecule has 0 amide bonds. The van der Waals surface area contributed by atoms with E-state index in [-0.39, 0.29) is 0 Å². The van der Waals surface area contributed by atoms with Gasteiger partial charge >= 0.3 is 0 Å². The van der Waals surface area contributed by atoms with Crippen LogP contribution in [0.1, 0.15) is 5.56 Å². The van der Waals surface area contributed by atoms with E-state index in [1.165, 1.54) is 5.56 Å². The molecule has 5 nitrogen and oxygen atoms in total. The summed E-state index contributed by atoms with van der Waals surface area (Å²) < 4.78 is 1.69. The van der Waals surface area contributed by atoms with E-state index >= 15 is 0 Å². The Bertz CT molecular complexity index is 394. The van der Waals surface area contributed by atoms with Crippen molar-refractivity contribution in [1.29, 1.82) is 0 Å². The molecule has 0 radical (unpaired) electrons. The van der Waals surface area contributed by atoms with E-state index in [4.69, 9.17) is 0 Å². The maximum Gasteiger partial charge on any atom is 0.179 e. The lowest BCUT2D eigenvalue weighted by Crippen LogP contribution is -2.10. The highest BCUT2D eigenvalue weighted by atomic mass is 15.5. The molecule has 0 aliphatic heterocycles. The maximum absolute atomic E-state index is 3.83. The average Bonchev–Trinajstić information content (AvgIpc) is 2.61. The molecule has 0 bridgehead atoms. The number of likely N-dealkylation sites (N-methyl/N-ethyl adjacent to an activating group) is 1. The van der Waals surface area contributed by atoms with Crippen molar-refractivity contribution in [2.24, 2.45) is 0 Å². The summed E-state index contributed by atoms with van der Waals surface area (Å²) in [5, 5.41) is 14.3. The summed E-state index contributed by atoms with van der Waals surface area (Å²) in [6.45, 7) is 0.966. The summed E-state index contributed by atoms with van der Waals surface area (Å²) in [7, 11) is 1.94. The molecule has 0 aromatic carbocycles. The number of nitrogens with one attached hydrogen (secondary N) is 1. The first-order chi connectivity index (χ1) is 6.40. The van der Waals surface area contributed by atoms with Gasteiger partial charge in [0.05, 0.1) is 0 Å². The first kappa shape index (κ1) is 8.12. The summed E-state index contributed by atoms with van der Waals surface area (Å²) in [6, 6.07) is 3.97. The Morgan fingerprint density at radius 2 is 2.38 bits per heavy atom. The Labute approximate surface area is 75.8 Å². The molecule has 0 fully saturated rings. The van der Waals surface area contributed by atoms with Gasteiger partial charge in [-0.15, -0.1) is 5.10 Å². The van der Waals surface area contributed by atoms with E-state index in [1.807, 2.05) is 25.4 Å². The summed E-state index contributed by atoms with van der Waals surface area (Å²) >= 11 is 0. The van der Waals surface area contributed by atoms with Gasteiger partial charge in [-0.1, -0.05) is 6.07 Å². The molecule has 2 rings (SSSR count). The minimum Gasteiger partial charge on any atom is -0.319 e. The summed E-state index contributed by atoms with van der Waals surface area (Å²) in [5.41, 5.74) is 2.02. The summed E-state index contributed by atoms with van der Waals surface area (Å²) in [4.78, 5) is 0. The van der Waals surface area contributed by atoms with Crippen LogP contribution in [0.3, 0.4) is 0 Å². The molecule has 13 heavy (non-hydrogen) atoms. The largest absolute Gasteiger partial charge is 0.319 e. The topological polar surface area (TPSA) is 55.1 Å². The van der Waals surface area contributed by atoms with E-state index in [2.05, 4.69) is 20.8 Å². The second-order valence-corrected chi connectivity index (χ2v) is 2.87. The Morgan fingerprint density at radius 3 is 3.23 bits per heavy atom. The molecule has 0 spiro atoms. The number of pyridine rings is 1. The third-order valence-electron chi connectivity index (χ3n) is 1.92. The van der Waals surface area contributed by atoms with Crippen molar-refractivity contribution in [1.82, 2.24) is 25.4 Å². The number of hydrogen-bond acceptors (Lipinski definition) is 4. The summed E-state index contributed by atoms with van der Waals surface area (Å²) in [5.74, 6) is 0. The van der Waals surface area contributed by atoms with Gasteiger partial charge < -0.3 is 5.32 Å². The molecule has 2 aromatic heterocycles. The van der Waals surface area contributed by atoms with Gasteiger partial charge in [0.25, 0.3) is 0 Å².